The molecular formula is C35H33F2NO6S. The monoisotopic (exact) mass is 633 g/mol. The molecule has 0 saturated heterocycles. The van der Waals surface area contributed by atoms with E-state index >= 15 is 8.78 Å². The molecule has 0 aliphatic heterocycles. The Morgan fingerprint density at radius 1 is 1.09 bits per heavy atom. The fraction of sp³-hybridized carbons (Fsp3) is 0.429. The number of ketones is 1. The number of alkyl halides is 2. The topological polar surface area (TPSA) is 114 Å². The van der Waals surface area contributed by atoms with E-state index in [2.05, 4.69) is 0 Å². The number of carbonyl (C=O) groups is 3. The Labute approximate surface area is 264 Å². The zero-order valence-electron chi connectivity index (χ0n) is 24.9. The number of benzene rings is 2. The van der Waals surface area contributed by atoms with Crippen molar-refractivity contribution in [1.29, 1.82) is 5.26 Å². The predicted molar refractivity (Wildman–Crippen MR) is 160 cm³/mol. The predicted octanol–water partition coefficient (Wildman–Crippen LogP) is 6.12. The fourth-order valence-corrected chi connectivity index (χ4v) is 9.29. The van der Waals surface area contributed by atoms with Crippen molar-refractivity contribution in [2.24, 2.45) is 22.7 Å². The van der Waals surface area contributed by atoms with Gasteiger partial charge in [0, 0.05) is 26.5 Å². The number of ether oxygens (including phenoxy) is 2. The molecule has 0 amide bonds. The number of allylic oxidation sites excluding steroid dienone is 4. The Morgan fingerprint density at radius 2 is 1.78 bits per heavy atom. The Bertz CT molecular complexity index is 1640. The number of nitrogens with zero attached hydrogens (tertiary/aromatic N) is 1. The third-order valence-electron chi connectivity index (χ3n) is 10.7. The maximum absolute atomic E-state index is 17.5. The second-order valence-electron chi connectivity index (χ2n) is 12.8. The van der Waals surface area contributed by atoms with E-state index in [4.69, 9.17) is 14.7 Å². The van der Waals surface area contributed by atoms with Gasteiger partial charge in [-0.1, -0.05) is 43.0 Å². The van der Waals surface area contributed by atoms with E-state index in [1.807, 2.05) is 30.3 Å². The molecule has 0 spiro atoms. The molecule has 10 heteroatoms. The molecule has 234 valence electrons. The SMILES string of the molecule is C[C@]12C=CC(=O)C=C1[C@@H](F)C[C@H]1[C@@H]3CCC(OC(=O)c4ccc(Sc5ccccc5)cc4)(C(=O)OCC#N)[C@@]3(C)C[C@H](O)C12F. The first-order valence-corrected chi connectivity index (χ1v) is 15.8. The van der Waals surface area contributed by atoms with Crippen molar-refractivity contribution in [1.82, 2.24) is 0 Å². The summed E-state index contributed by atoms with van der Waals surface area (Å²) in [6.45, 7) is 2.55. The van der Waals surface area contributed by atoms with E-state index in [1.54, 1.807) is 37.3 Å². The van der Waals surface area contributed by atoms with Crippen LogP contribution >= 0.6 is 11.8 Å². The molecule has 7 nitrogen and oxygen atoms in total. The summed E-state index contributed by atoms with van der Waals surface area (Å²) < 4.78 is 44.7. The van der Waals surface area contributed by atoms with Gasteiger partial charge in [-0.3, -0.25) is 4.79 Å². The van der Waals surface area contributed by atoms with E-state index in [-0.39, 0.29) is 36.8 Å². The summed E-state index contributed by atoms with van der Waals surface area (Å²) in [4.78, 5) is 41.5. The molecule has 4 aliphatic rings. The first-order chi connectivity index (χ1) is 21.4. The van der Waals surface area contributed by atoms with Crippen molar-refractivity contribution >= 4 is 29.5 Å². The Kier molecular flexibility index (Phi) is 7.77. The van der Waals surface area contributed by atoms with Crippen LogP contribution in [0.4, 0.5) is 8.78 Å². The number of carbonyl (C=O) groups excluding carboxylic acids is 3. The number of aliphatic hydroxyl groups is 1. The zero-order chi connectivity index (χ0) is 32.2. The lowest BCUT2D eigenvalue weighted by Crippen LogP contribution is -2.70. The van der Waals surface area contributed by atoms with E-state index in [0.29, 0.717) is 0 Å². The Morgan fingerprint density at radius 3 is 2.47 bits per heavy atom. The maximum Gasteiger partial charge on any atom is 0.352 e. The van der Waals surface area contributed by atoms with Crippen LogP contribution in [0.1, 0.15) is 49.9 Å². The third kappa shape index (κ3) is 4.66. The number of nitriles is 1. The van der Waals surface area contributed by atoms with Crippen LogP contribution in [0.25, 0.3) is 0 Å². The van der Waals surface area contributed by atoms with E-state index in [9.17, 15) is 19.5 Å². The highest BCUT2D eigenvalue weighted by Gasteiger charge is 2.77. The van der Waals surface area contributed by atoms with Gasteiger partial charge in [0.1, 0.15) is 12.2 Å². The molecular weight excluding hydrogens is 600 g/mol. The van der Waals surface area contributed by atoms with E-state index < -0.39 is 70.5 Å². The van der Waals surface area contributed by atoms with Gasteiger partial charge in [-0.15, -0.1) is 0 Å². The van der Waals surface area contributed by atoms with Crippen molar-refractivity contribution in [2.45, 2.75) is 72.9 Å². The van der Waals surface area contributed by atoms with Gasteiger partial charge in [-0.25, -0.2) is 18.4 Å². The highest BCUT2D eigenvalue weighted by molar-refractivity contribution is 7.99. The van der Waals surface area contributed by atoms with Gasteiger partial charge in [0.2, 0.25) is 5.60 Å². The minimum atomic E-state index is -2.36. The number of hydrogen-bond acceptors (Lipinski definition) is 8. The smallest absolute Gasteiger partial charge is 0.352 e. The van der Waals surface area contributed by atoms with Crippen LogP contribution in [0.5, 0.6) is 0 Å². The van der Waals surface area contributed by atoms with Crippen molar-refractivity contribution in [3.8, 4) is 6.07 Å². The van der Waals surface area contributed by atoms with E-state index in [1.165, 1.54) is 30.8 Å². The summed E-state index contributed by atoms with van der Waals surface area (Å²) >= 11 is 1.51. The number of halogens is 2. The van der Waals surface area contributed by atoms with Crippen LogP contribution in [0.3, 0.4) is 0 Å². The fourth-order valence-electron chi connectivity index (χ4n) is 8.45. The second-order valence-corrected chi connectivity index (χ2v) is 13.9. The van der Waals surface area contributed by atoms with Gasteiger partial charge in [-0.2, -0.15) is 5.26 Å². The summed E-state index contributed by atoms with van der Waals surface area (Å²) in [5.74, 6) is -3.98. The van der Waals surface area contributed by atoms with Gasteiger partial charge in [0.15, 0.2) is 18.1 Å². The van der Waals surface area contributed by atoms with E-state index in [0.717, 1.165) is 15.9 Å². The molecule has 0 aromatic heterocycles. The lowest BCUT2D eigenvalue weighted by Gasteiger charge is -2.62. The van der Waals surface area contributed by atoms with Crippen molar-refractivity contribution in [3.05, 3.63) is 84.0 Å². The lowest BCUT2D eigenvalue weighted by molar-refractivity contribution is -0.228. The van der Waals surface area contributed by atoms with Crippen molar-refractivity contribution in [2.75, 3.05) is 6.61 Å². The first-order valence-electron chi connectivity index (χ1n) is 15.0. The molecule has 0 radical (unpaired) electrons. The van der Waals surface area contributed by atoms with Gasteiger partial charge in [0.25, 0.3) is 0 Å². The van der Waals surface area contributed by atoms with Gasteiger partial charge >= 0.3 is 11.9 Å². The van der Waals surface area contributed by atoms with Gasteiger partial charge in [-0.05, 0) is 92.6 Å². The quantitative estimate of drug-likeness (QED) is 0.379. The molecule has 3 fully saturated rings. The molecule has 3 saturated carbocycles. The highest BCUT2D eigenvalue weighted by atomic mass is 32.2. The second kappa shape index (κ2) is 11.2. The Hall–Kier alpha value is -3.81. The highest BCUT2D eigenvalue weighted by Crippen LogP contribution is 2.70. The summed E-state index contributed by atoms with van der Waals surface area (Å²) in [6, 6.07) is 18.1. The maximum atomic E-state index is 17.5. The average molecular weight is 634 g/mol. The standard InChI is InChI=1S/C35H33F2NO6S/c1-32-14-12-22(39)18-27(32)28(36)19-26-25-13-15-34(31(42)43-17-16-38,33(25,2)20-29(40)35(26,32)37)44-30(41)21-8-10-24(11-9-21)45-23-6-4-3-5-7-23/h3-12,14,18,25-26,28-29,40H,13,15,17,19-20H2,1-2H3/t25-,26-,28-,29-,32-,33-,34?,35?/m0/s1. The molecule has 45 heavy (non-hydrogen) atoms. The number of aliphatic hydroxyl groups excluding tert-OH is 1. The number of rotatable bonds is 6. The van der Waals surface area contributed by atoms with Crippen LogP contribution in [0.2, 0.25) is 0 Å². The third-order valence-corrected chi connectivity index (χ3v) is 11.7. The zero-order valence-corrected chi connectivity index (χ0v) is 25.7. The lowest BCUT2D eigenvalue weighted by atomic mass is 9.44. The largest absolute Gasteiger partial charge is 0.447 e. The molecule has 6 rings (SSSR count). The summed E-state index contributed by atoms with van der Waals surface area (Å²) in [6.07, 6.45) is -0.169. The van der Waals surface area contributed by atoms with Crippen LogP contribution in [0.15, 0.2) is 88.2 Å². The van der Waals surface area contributed by atoms with Gasteiger partial charge < -0.3 is 14.6 Å². The van der Waals surface area contributed by atoms with Crippen LogP contribution < -0.4 is 0 Å². The molecule has 2 aromatic rings. The number of fused-ring (bicyclic) bond motifs is 5. The number of hydrogen-bond donors (Lipinski definition) is 1. The summed E-state index contributed by atoms with van der Waals surface area (Å²) in [5.41, 5.74) is -7.10. The summed E-state index contributed by atoms with van der Waals surface area (Å²) in [7, 11) is 0. The normalized spacial score (nSPS) is 36.5. The molecule has 0 bridgehead atoms. The molecule has 4 aliphatic carbocycles. The van der Waals surface area contributed by atoms with Crippen molar-refractivity contribution in [3.63, 3.8) is 0 Å². The minimum absolute atomic E-state index is 0.00519. The van der Waals surface area contributed by atoms with Crippen LogP contribution in [-0.4, -0.2) is 53.0 Å². The molecule has 2 unspecified atom stereocenters. The first kappa shape index (κ1) is 31.2. The molecule has 8 atom stereocenters. The molecule has 2 aromatic carbocycles. The Balaban J connectivity index is 1.34. The van der Waals surface area contributed by atoms with Gasteiger partial charge in [0.05, 0.1) is 11.7 Å². The summed E-state index contributed by atoms with van der Waals surface area (Å²) in [5, 5.41) is 20.8. The number of esters is 2. The minimum Gasteiger partial charge on any atom is -0.447 e. The van der Waals surface area contributed by atoms with Crippen molar-refractivity contribution < 1.29 is 37.7 Å². The molecule has 0 heterocycles. The molecule has 1 N–H and O–H groups in total. The van der Waals surface area contributed by atoms with Crippen LogP contribution in [-0.2, 0) is 19.1 Å². The van der Waals surface area contributed by atoms with Crippen LogP contribution in [0, 0.1) is 34.0 Å². The average Bonchev–Trinajstić information content (AvgIpc) is 3.31.